The lowest BCUT2D eigenvalue weighted by Crippen LogP contribution is -2.39. The van der Waals surface area contributed by atoms with Crippen LogP contribution in [0.15, 0.2) is 29.3 Å². The van der Waals surface area contributed by atoms with E-state index in [9.17, 15) is 4.79 Å². The summed E-state index contributed by atoms with van der Waals surface area (Å²) in [6, 6.07) is 7.02. The van der Waals surface area contributed by atoms with Crippen LogP contribution in [0.3, 0.4) is 0 Å². The van der Waals surface area contributed by atoms with Gasteiger partial charge in [0.05, 0.1) is 13.2 Å². The van der Waals surface area contributed by atoms with Gasteiger partial charge in [-0.05, 0) is 31.0 Å². The lowest BCUT2D eigenvalue weighted by atomic mass is 9.88. The minimum Gasteiger partial charge on any atom is -0.497 e. The summed E-state index contributed by atoms with van der Waals surface area (Å²) >= 11 is 0. The third kappa shape index (κ3) is 3.25. The van der Waals surface area contributed by atoms with E-state index in [1.165, 1.54) is 0 Å². The minimum atomic E-state index is -0.603. The van der Waals surface area contributed by atoms with Crippen LogP contribution in [0.2, 0.25) is 0 Å². The first-order valence-corrected chi connectivity index (χ1v) is 8.10. The fraction of sp³-hybridized carbons (Fsp3) is 0.412. The Morgan fingerprint density at radius 1 is 1.36 bits per heavy atom. The van der Waals surface area contributed by atoms with Crippen LogP contribution in [0.4, 0.5) is 5.95 Å². The highest BCUT2D eigenvalue weighted by molar-refractivity contribution is 6.04. The Morgan fingerprint density at radius 2 is 2.08 bits per heavy atom. The van der Waals surface area contributed by atoms with E-state index in [4.69, 9.17) is 15.6 Å². The molecule has 2 atom stereocenters. The number of nitrogens with zero attached hydrogens (tertiary/aromatic N) is 4. The lowest BCUT2D eigenvalue weighted by Gasteiger charge is -2.29. The number of aliphatic imine (C=N–C) groups is 1. The molecule has 132 valence electrons. The van der Waals surface area contributed by atoms with Crippen LogP contribution in [-0.4, -0.2) is 45.2 Å². The zero-order chi connectivity index (χ0) is 18.0. The lowest BCUT2D eigenvalue weighted by molar-refractivity contribution is -0.120. The smallest absolute Gasteiger partial charge is 0.248 e. The Bertz CT molecular complexity index is 797. The topological polar surface area (TPSA) is 116 Å². The standard InChI is InChI=1S/C17H21N5O3/c1-10-14(16(18)24)15(11-5-7-12(25-2)8-6-11)22-17(19-10)20-13(21-22)4-3-9-23/h5-8,14-15,23H,3-4,9H2,1-2H3,(H2,18,24). The van der Waals surface area contributed by atoms with Gasteiger partial charge in [-0.1, -0.05) is 12.1 Å². The molecule has 1 aliphatic rings. The SMILES string of the molecule is COc1ccc(C2C(C(N)=O)C(C)=Nc3nc(CCCO)nn32)cc1. The second-order valence-electron chi connectivity index (χ2n) is 5.95. The number of ether oxygens (including phenoxy) is 1. The molecule has 1 aromatic heterocycles. The van der Waals surface area contributed by atoms with Crippen LogP contribution in [0, 0.1) is 5.92 Å². The zero-order valence-corrected chi connectivity index (χ0v) is 14.2. The normalized spacial score (nSPS) is 19.2. The van der Waals surface area contributed by atoms with Crippen LogP contribution in [0.1, 0.15) is 30.8 Å². The molecule has 25 heavy (non-hydrogen) atoms. The van der Waals surface area contributed by atoms with Crippen molar-refractivity contribution in [1.82, 2.24) is 14.8 Å². The fourth-order valence-corrected chi connectivity index (χ4v) is 3.06. The number of amides is 1. The largest absolute Gasteiger partial charge is 0.497 e. The highest BCUT2D eigenvalue weighted by atomic mass is 16.5. The number of aliphatic hydroxyl groups is 1. The highest BCUT2D eigenvalue weighted by Crippen LogP contribution is 2.35. The van der Waals surface area contributed by atoms with Crippen molar-refractivity contribution in [3.8, 4) is 5.75 Å². The first kappa shape index (κ1) is 17.1. The molecule has 1 aromatic carbocycles. The number of aromatic nitrogens is 3. The number of rotatable bonds is 6. The number of nitrogens with two attached hydrogens (primary N) is 1. The van der Waals surface area contributed by atoms with Crippen molar-refractivity contribution < 1.29 is 14.6 Å². The Balaban J connectivity index is 2.07. The number of methoxy groups -OCH3 is 1. The van der Waals surface area contributed by atoms with E-state index in [-0.39, 0.29) is 6.61 Å². The molecule has 0 radical (unpaired) electrons. The van der Waals surface area contributed by atoms with Crippen molar-refractivity contribution in [3.05, 3.63) is 35.7 Å². The molecule has 0 spiro atoms. The number of benzene rings is 1. The molecule has 0 fully saturated rings. The summed E-state index contributed by atoms with van der Waals surface area (Å²) < 4.78 is 6.85. The first-order chi connectivity index (χ1) is 12.0. The van der Waals surface area contributed by atoms with E-state index < -0.39 is 17.9 Å². The zero-order valence-electron chi connectivity index (χ0n) is 14.2. The van der Waals surface area contributed by atoms with Crippen LogP contribution in [-0.2, 0) is 11.2 Å². The van der Waals surface area contributed by atoms with E-state index in [1.807, 2.05) is 24.3 Å². The second kappa shape index (κ2) is 7.02. The van der Waals surface area contributed by atoms with Crippen LogP contribution in [0.25, 0.3) is 0 Å². The predicted octanol–water partition coefficient (Wildman–Crippen LogP) is 1.01. The van der Waals surface area contributed by atoms with Gasteiger partial charge < -0.3 is 15.6 Å². The molecule has 2 unspecified atom stereocenters. The summed E-state index contributed by atoms with van der Waals surface area (Å²) in [5.74, 6) is 0.699. The van der Waals surface area contributed by atoms with E-state index in [2.05, 4.69) is 15.1 Å². The minimum absolute atomic E-state index is 0.0674. The Hall–Kier alpha value is -2.74. The maximum absolute atomic E-state index is 12.1. The molecule has 8 heteroatoms. The van der Waals surface area contributed by atoms with E-state index in [1.54, 1.807) is 18.7 Å². The van der Waals surface area contributed by atoms with Crippen molar-refractivity contribution >= 4 is 17.6 Å². The molecule has 2 aromatic rings. The first-order valence-electron chi connectivity index (χ1n) is 8.10. The van der Waals surface area contributed by atoms with Gasteiger partial charge in [0, 0.05) is 18.7 Å². The van der Waals surface area contributed by atoms with E-state index in [0.717, 1.165) is 11.3 Å². The van der Waals surface area contributed by atoms with Gasteiger partial charge in [-0.2, -0.15) is 10.1 Å². The number of aliphatic hydroxyl groups excluding tert-OH is 1. The number of carbonyl (C=O) groups excluding carboxylic acids is 1. The number of carbonyl (C=O) groups is 1. The number of hydrogen-bond acceptors (Lipinski definition) is 6. The van der Waals surface area contributed by atoms with Crippen molar-refractivity contribution in [2.45, 2.75) is 25.8 Å². The summed E-state index contributed by atoms with van der Waals surface area (Å²) in [6.07, 6.45) is 1.11. The second-order valence-corrected chi connectivity index (χ2v) is 5.95. The van der Waals surface area contributed by atoms with Crippen LogP contribution in [0.5, 0.6) is 5.75 Å². The quantitative estimate of drug-likeness (QED) is 0.812. The maximum Gasteiger partial charge on any atom is 0.248 e. The van der Waals surface area contributed by atoms with Crippen molar-refractivity contribution in [2.24, 2.45) is 16.6 Å². The molecule has 2 heterocycles. The molecule has 0 saturated carbocycles. The molecule has 8 nitrogen and oxygen atoms in total. The van der Waals surface area contributed by atoms with Gasteiger partial charge >= 0.3 is 0 Å². The monoisotopic (exact) mass is 343 g/mol. The van der Waals surface area contributed by atoms with Crippen molar-refractivity contribution in [2.75, 3.05) is 13.7 Å². The van der Waals surface area contributed by atoms with Crippen LogP contribution >= 0.6 is 0 Å². The average Bonchev–Trinajstić information content (AvgIpc) is 3.00. The third-order valence-corrected chi connectivity index (χ3v) is 4.29. The summed E-state index contributed by atoms with van der Waals surface area (Å²) in [7, 11) is 1.60. The average molecular weight is 343 g/mol. The molecule has 3 rings (SSSR count). The van der Waals surface area contributed by atoms with Crippen molar-refractivity contribution in [3.63, 3.8) is 0 Å². The predicted molar refractivity (Wildman–Crippen MR) is 92.0 cm³/mol. The number of hydrogen-bond donors (Lipinski definition) is 2. The van der Waals surface area contributed by atoms with Gasteiger partial charge in [0.15, 0.2) is 5.82 Å². The third-order valence-electron chi connectivity index (χ3n) is 4.29. The van der Waals surface area contributed by atoms with Crippen LogP contribution < -0.4 is 10.5 Å². The number of fused-ring (bicyclic) bond motifs is 1. The molecule has 1 aliphatic heterocycles. The summed E-state index contributed by atoms with van der Waals surface area (Å²) in [5, 5.41) is 13.5. The van der Waals surface area contributed by atoms with Gasteiger partial charge in [0.25, 0.3) is 0 Å². The Labute approximate surface area is 145 Å². The van der Waals surface area contributed by atoms with Gasteiger partial charge in [-0.25, -0.2) is 9.67 Å². The van der Waals surface area contributed by atoms with E-state index in [0.29, 0.717) is 30.3 Å². The number of aryl methyl sites for hydroxylation is 1. The molecular weight excluding hydrogens is 322 g/mol. The molecule has 0 bridgehead atoms. The summed E-state index contributed by atoms with van der Waals surface area (Å²) in [6.45, 7) is 1.84. The molecular formula is C17H21N5O3. The van der Waals surface area contributed by atoms with Gasteiger partial charge in [-0.15, -0.1) is 0 Å². The number of primary amides is 1. The molecule has 0 saturated heterocycles. The van der Waals surface area contributed by atoms with Gasteiger partial charge in [-0.3, -0.25) is 4.79 Å². The maximum atomic E-state index is 12.1. The Kier molecular flexibility index (Phi) is 4.80. The summed E-state index contributed by atoms with van der Waals surface area (Å²) in [4.78, 5) is 20.9. The summed E-state index contributed by atoms with van der Waals surface area (Å²) in [5.41, 5.74) is 7.13. The fourth-order valence-electron chi connectivity index (χ4n) is 3.06. The highest BCUT2D eigenvalue weighted by Gasteiger charge is 2.38. The molecule has 0 aliphatic carbocycles. The van der Waals surface area contributed by atoms with Gasteiger partial charge in [0.2, 0.25) is 11.9 Å². The van der Waals surface area contributed by atoms with Crippen molar-refractivity contribution in [1.29, 1.82) is 0 Å². The van der Waals surface area contributed by atoms with Gasteiger partial charge in [0.1, 0.15) is 11.7 Å². The Morgan fingerprint density at radius 3 is 2.68 bits per heavy atom. The molecule has 3 N–H and O–H groups in total. The van der Waals surface area contributed by atoms with E-state index >= 15 is 0 Å². The molecule has 1 amide bonds.